The first kappa shape index (κ1) is 24.2. The molecule has 1 saturated carbocycles. The van der Waals surface area contributed by atoms with Crippen LogP contribution in [0.1, 0.15) is 29.3 Å². The van der Waals surface area contributed by atoms with Crippen LogP contribution in [-0.2, 0) is 16.1 Å². The summed E-state index contributed by atoms with van der Waals surface area (Å²) in [5.74, 6) is 0.569. The van der Waals surface area contributed by atoms with Crippen molar-refractivity contribution in [3.63, 3.8) is 0 Å². The monoisotopic (exact) mass is 551 g/mol. The number of rotatable bonds is 7. The van der Waals surface area contributed by atoms with Crippen molar-refractivity contribution in [3.8, 4) is 0 Å². The van der Waals surface area contributed by atoms with Gasteiger partial charge in [0.05, 0.1) is 11.8 Å². The first-order valence-electron chi connectivity index (χ1n) is 10.9. The van der Waals surface area contributed by atoms with E-state index in [4.69, 9.17) is 0 Å². The molecule has 2 aliphatic carbocycles. The van der Waals surface area contributed by atoms with E-state index in [2.05, 4.69) is 33.1 Å². The van der Waals surface area contributed by atoms with E-state index in [0.29, 0.717) is 37.7 Å². The summed E-state index contributed by atoms with van der Waals surface area (Å²) in [6.45, 7) is 3.72. The van der Waals surface area contributed by atoms with Crippen molar-refractivity contribution in [2.45, 2.75) is 19.9 Å². The number of carbonyl (C=O) groups is 3. The van der Waals surface area contributed by atoms with Gasteiger partial charge < -0.3 is 16.0 Å². The van der Waals surface area contributed by atoms with E-state index in [1.54, 1.807) is 13.1 Å². The summed E-state index contributed by atoms with van der Waals surface area (Å²) < 4.78 is 0. The average molecular weight is 551 g/mol. The van der Waals surface area contributed by atoms with Crippen molar-refractivity contribution in [2.75, 3.05) is 26.7 Å². The van der Waals surface area contributed by atoms with Gasteiger partial charge in [-0.3, -0.25) is 24.3 Å². The lowest BCUT2D eigenvalue weighted by molar-refractivity contribution is -0.140. The molecule has 1 aliphatic heterocycles. The largest absolute Gasteiger partial charge is 0.355 e. The van der Waals surface area contributed by atoms with Crippen molar-refractivity contribution in [3.05, 3.63) is 47.5 Å². The van der Waals surface area contributed by atoms with Gasteiger partial charge in [-0.2, -0.15) is 0 Å². The number of amides is 3. The predicted molar refractivity (Wildman–Crippen MR) is 133 cm³/mol. The van der Waals surface area contributed by atoms with Crippen LogP contribution in [0.15, 0.2) is 41.4 Å². The number of imide groups is 1. The predicted octanol–water partition coefficient (Wildman–Crippen LogP) is 1.53. The molecule has 3 aliphatic rings. The van der Waals surface area contributed by atoms with Crippen LogP contribution < -0.4 is 16.0 Å². The summed E-state index contributed by atoms with van der Waals surface area (Å²) >= 11 is 0. The molecule has 4 unspecified atom stereocenters. The van der Waals surface area contributed by atoms with Crippen LogP contribution in [-0.4, -0.2) is 55.3 Å². The third kappa shape index (κ3) is 4.67. The summed E-state index contributed by atoms with van der Waals surface area (Å²) in [6.07, 6.45) is 5.15. The lowest BCUT2D eigenvalue weighted by atomic mass is 9.85. The maximum Gasteiger partial charge on any atom is 0.251 e. The van der Waals surface area contributed by atoms with Crippen molar-refractivity contribution in [1.82, 2.24) is 20.9 Å². The molecule has 9 heteroatoms. The van der Waals surface area contributed by atoms with Crippen LogP contribution in [0.5, 0.6) is 0 Å². The van der Waals surface area contributed by atoms with Crippen LogP contribution in [0.3, 0.4) is 0 Å². The van der Waals surface area contributed by atoms with Gasteiger partial charge in [0.1, 0.15) is 0 Å². The molecule has 3 amide bonds. The van der Waals surface area contributed by atoms with Crippen LogP contribution in [0.25, 0.3) is 0 Å². The van der Waals surface area contributed by atoms with Crippen LogP contribution in [0.2, 0.25) is 0 Å². The quantitative estimate of drug-likeness (QED) is 0.157. The zero-order valence-corrected chi connectivity index (χ0v) is 20.7. The molecule has 32 heavy (non-hydrogen) atoms. The molecule has 1 aromatic rings. The molecule has 8 nitrogen and oxygen atoms in total. The second kappa shape index (κ2) is 10.5. The van der Waals surface area contributed by atoms with E-state index >= 15 is 0 Å². The fourth-order valence-electron chi connectivity index (χ4n) is 4.96. The minimum atomic E-state index is -0.155. The van der Waals surface area contributed by atoms with Gasteiger partial charge >= 0.3 is 0 Å². The SMILES string of the molecule is CCNC(=O)c1cccc(CNC(=NC)NCCN2C(=O)C3C4C=CC(C4)C3C2=O)c1.I. The Hall–Kier alpha value is -2.43. The van der Waals surface area contributed by atoms with Gasteiger partial charge in [-0.1, -0.05) is 24.3 Å². The number of benzene rings is 1. The molecule has 0 spiro atoms. The number of guanidine groups is 1. The smallest absolute Gasteiger partial charge is 0.251 e. The van der Waals surface area contributed by atoms with E-state index in [9.17, 15) is 14.4 Å². The molecular formula is C23H30IN5O3. The number of halogens is 1. The topological polar surface area (TPSA) is 103 Å². The van der Waals surface area contributed by atoms with Gasteiger partial charge in [0, 0.05) is 38.8 Å². The Kier molecular flexibility index (Phi) is 7.91. The summed E-state index contributed by atoms with van der Waals surface area (Å²) in [7, 11) is 1.67. The van der Waals surface area contributed by atoms with Crippen molar-refractivity contribution in [1.29, 1.82) is 0 Å². The molecule has 172 valence electrons. The van der Waals surface area contributed by atoms with Crippen molar-refractivity contribution in [2.24, 2.45) is 28.7 Å². The summed E-state index contributed by atoms with van der Waals surface area (Å²) in [6, 6.07) is 7.41. The fraction of sp³-hybridized carbons (Fsp3) is 0.478. The number of hydrogen-bond acceptors (Lipinski definition) is 4. The Morgan fingerprint density at radius 3 is 2.41 bits per heavy atom. The summed E-state index contributed by atoms with van der Waals surface area (Å²) in [5, 5.41) is 9.16. The van der Waals surface area contributed by atoms with Crippen molar-refractivity contribution >= 4 is 47.7 Å². The molecule has 4 atom stereocenters. The minimum absolute atomic E-state index is 0. The molecule has 1 saturated heterocycles. The van der Waals surface area contributed by atoms with E-state index in [-0.39, 0.29) is 65.4 Å². The van der Waals surface area contributed by atoms with Gasteiger partial charge in [-0.25, -0.2) is 0 Å². The number of nitrogens with zero attached hydrogens (tertiary/aromatic N) is 2. The lowest BCUT2D eigenvalue weighted by Crippen LogP contribution is -2.43. The van der Waals surface area contributed by atoms with E-state index in [1.165, 1.54) is 4.90 Å². The maximum absolute atomic E-state index is 12.7. The summed E-state index contributed by atoms with van der Waals surface area (Å²) in [5.41, 5.74) is 1.57. The molecule has 2 fully saturated rings. The molecule has 4 rings (SSSR count). The fourth-order valence-corrected chi connectivity index (χ4v) is 4.96. The highest BCUT2D eigenvalue weighted by Crippen LogP contribution is 2.52. The van der Waals surface area contributed by atoms with Gasteiger partial charge in [-0.15, -0.1) is 24.0 Å². The molecule has 3 N–H and O–H groups in total. The van der Waals surface area contributed by atoms with Gasteiger partial charge in [0.2, 0.25) is 11.8 Å². The first-order valence-corrected chi connectivity index (χ1v) is 10.9. The number of nitrogens with one attached hydrogen (secondary N) is 3. The molecule has 0 aromatic heterocycles. The normalized spacial score (nSPS) is 25.6. The number of likely N-dealkylation sites (tertiary alicyclic amines) is 1. The van der Waals surface area contributed by atoms with Crippen LogP contribution in [0, 0.1) is 23.7 Å². The maximum atomic E-state index is 12.7. The third-order valence-electron chi connectivity index (χ3n) is 6.40. The average Bonchev–Trinajstić information content (AvgIpc) is 3.46. The van der Waals surface area contributed by atoms with Gasteiger partial charge in [-0.05, 0) is 42.9 Å². The highest BCUT2D eigenvalue weighted by Gasteiger charge is 2.58. The number of hydrogen-bond donors (Lipinski definition) is 3. The van der Waals surface area contributed by atoms with Gasteiger partial charge in [0.25, 0.3) is 5.91 Å². The minimum Gasteiger partial charge on any atom is -0.355 e. The number of fused-ring (bicyclic) bond motifs is 5. The molecule has 2 bridgehead atoms. The molecule has 1 aromatic carbocycles. The van der Waals surface area contributed by atoms with E-state index < -0.39 is 0 Å². The second-order valence-electron chi connectivity index (χ2n) is 8.24. The molecule has 1 heterocycles. The number of aliphatic imine (C=N–C) groups is 1. The Labute approximate surface area is 205 Å². The van der Waals surface area contributed by atoms with Crippen LogP contribution in [0.4, 0.5) is 0 Å². The zero-order chi connectivity index (χ0) is 22.0. The first-order chi connectivity index (χ1) is 15.0. The third-order valence-corrected chi connectivity index (χ3v) is 6.40. The van der Waals surface area contributed by atoms with E-state index in [1.807, 2.05) is 25.1 Å². The molecular weight excluding hydrogens is 521 g/mol. The number of carbonyl (C=O) groups excluding carboxylic acids is 3. The Morgan fingerprint density at radius 1 is 1.09 bits per heavy atom. The van der Waals surface area contributed by atoms with E-state index in [0.717, 1.165) is 12.0 Å². The molecule has 0 radical (unpaired) electrons. The number of allylic oxidation sites excluding steroid dienone is 2. The highest BCUT2D eigenvalue weighted by molar-refractivity contribution is 14.0. The lowest BCUT2D eigenvalue weighted by Gasteiger charge is -2.18. The van der Waals surface area contributed by atoms with Crippen molar-refractivity contribution < 1.29 is 14.4 Å². The zero-order valence-electron chi connectivity index (χ0n) is 18.3. The summed E-state index contributed by atoms with van der Waals surface area (Å²) in [4.78, 5) is 43.1. The standard InChI is InChI=1S/C23H29N5O3.HI/c1-3-25-20(29)17-6-4-5-14(11-17)13-27-23(24-2)26-9-10-28-21(30)18-15-7-8-16(12-15)19(18)22(28)31;/h4-8,11,15-16,18-19H,3,9-10,12-13H2,1-2H3,(H,25,29)(H2,24,26,27);1H. The van der Waals surface area contributed by atoms with Crippen LogP contribution >= 0.6 is 24.0 Å². The highest BCUT2D eigenvalue weighted by atomic mass is 127. The second-order valence-corrected chi connectivity index (χ2v) is 8.24. The van der Waals surface area contributed by atoms with Gasteiger partial charge in [0.15, 0.2) is 5.96 Å². The Morgan fingerprint density at radius 2 is 1.78 bits per heavy atom. The Bertz CT molecular complexity index is 917. The Balaban J connectivity index is 0.00000289.